The first-order valence-corrected chi connectivity index (χ1v) is 7.16. The number of halogens is 1. The van der Waals surface area contributed by atoms with Crippen molar-refractivity contribution < 1.29 is 14.8 Å². The van der Waals surface area contributed by atoms with Crippen LogP contribution in [0.2, 0.25) is 5.02 Å². The van der Waals surface area contributed by atoms with E-state index >= 15 is 0 Å². The summed E-state index contributed by atoms with van der Waals surface area (Å²) in [6.07, 6.45) is 1.16. The fraction of sp³-hybridized carbons (Fsp3) is 0.571. The summed E-state index contributed by atoms with van der Waals surface area (Å²) in [4.78, 5) is 12.3. The lowest BCUT2D eigenvalue weighted by Gasteiger charge is -2.36. The Bertz CT molecular complexity index is 544. The number of nitro groups is 1. The summed E-state index contributed by atoms with van der Waals surface area (Å²) in [5, 5.41) is 21.5. The zero-order chi connectivity index (χ0) is 15.6. The Kier molecular flexibility index (Phi) is 4.70. The van der Waals surface area contributed by atoms with Gasteiger partial charge in [-0.05, 0) is 18.6 Å². The van der Waals surface area contributed by atoms with Gasteiger partial charge in [-0.1, -0.05) is 11.6 Å². The van der Waals surface area contributed by atoms with E-state index in [1.54, 1.807) is 13.0 Å². The van der Waals surface area contributed by atoms with Gasteiger partial charge < -0.3 is 14.7 Å². The average Bonchev–Trinajstić information content (AvgIpc) is 2.40. The van der Waals surface area contributed by atoms with Crippen LogP contribution in [-0.4, -0.2) is 42.4 Å². The second-order valence-corrected chi connectivity index (χ2v) is 5.95. The minimum Gasteiger partial charge on any atom is -0.388 e. The molecule has 2 rings (SSSR count). The van der Waals surface area contributed by atoms with Gasteiger partial charge in [0.25, 0.3) is 5.69 Å². The van der Waals surface area contributed by atoms with Crippen LogP contribution in [0.3, 0.4) is 0 Å². The molecule has 0 radical (unpaired) electrons. The molecule has 116 valence electrons. The van der Waals surface area contributed by atoms with Gasteiger partial charge in [0.05, 0.1) is 10.5 Å². The molecule has 0 saturated carbocycles. The Morgan fingerprint density at radius 2 is 2.10 bits per heavy atom. The van der Waals surface area contributed by atoms with E-state index < -0.39 is 10.5 Å². The lowest BCUT2D eigenvalue weighted by Crippen LogP contribution is -2.45. The topological polar surface area (TPSA) is 75.8 Å². The van der Waals surface area contributed by atoms with Gasteiger partial charge in [-0.2, -0.15) is 0 Å². The van der Waals surface area contributed by atoms with Crippen molar-refractivity contribution in [3.05, 3.63) is 32.8 Å². The first-order chi connectivity index (χ1) is 9.82. The van der Waals surface area contributed by atoms with Crippen molar-refractivity contribution in [3.63, 3.8) is 0 Å². The molecule has 0 amide bonds. The molecule has 21 heavy (non-hydrogen) atoms. The van der Waals surface area contributed by atoms with Gasteiger partial charge in [-0.3, -0.25) is 10.1 Å². The Balaban J connectivity index is 2.21. The maximum Gasteiger partial charge on any atom is 0.288 e. The van der Waals surface area contributed by atoms with Crippen LogP contribution in [-0.2, 0) is 4.74 Å². The molecule has 1 N–H and O–H groups in total. The first kappa shape index (κ1) is 16.0. The van der Waals surface area contributed by atoms with Crippen molar-refractivity contribution in [1.29, 1.82) is 0 Å². The van der Waals surface area contributed by atoms with Crippen molar-refractivity contribution in [2.45, 2.75) is 25.4 Å². The number of benzene rings is 1. The maximum absolute atomic E-state index is 10.9. The summed E-state index contributed by atoms with van der Waals surface area (Å²) in [5.74, 6) is 0. The van der Waals surface area contributed by atoms with Crippen LogP contribution in [0.15, 0.2) is 12.1 Å². The number of rotatable bonds is 4. The zero-order valence-electron chi connectivity index (χ0n) is 12.1. The standard InChI is InChI=1S/C14H19ClN2O4/c1-10-7-13(17(19)20)11(15)8-12(10)16(2)9-14(18)3-5-21-6-4-14/h7-8,18H,3-6,9H2,1-2H3. The second-order valence-electron chi connectivity index (χ2n) is 5.54. The highest BCUT2D eigenvalue weighted by molar-refractivity contribution is 6.33. The molecule has 1 heterocycles. The van der Waals surface area contributed by atoms with Gasteiger partial charge in [0, 0.05) is 51.4 Å². The lowest BCUT2D eigenvalue weighted by atomic mass is 9.93. The number of hydrogen-bond donors (Lipinski definition) is 1. The number of likely N-dealkylation sites (N-methyl/N-ethyl adjacent to an activating group) is 1. The summed E-state index contributed by atoms with van der Waals surface area (Å²) in [6, 6.07) is 3.04. The number of hydrogen-bond acceptors (Lipinski definition) is 5. The minimum absolute atomic E-state index is 0.101. The van der Waals surface area contributed by atoms with Crippen LogP contribution in [0.1, 0.15) is 18.4 Å². The largest absolute Gasteiger partial charge is 0.388 e. The van der Waals surface area contributed by atoms with E-state index in [0.717, 1.165) is 11.3 Å². The van der Waals surface area contributed by atoms with Crippen molar-refractivity contribution in [2.24, 2.45) is 0 Å². The molecule has 0 spiro atoms. The molecular formula is C14H19ClN2O4. The van der Waals surface area contributed by atoms with E-state index in [0.29, 0.717) is 32.6 Å². The third kappa shape index (κ3) is 3.64. The minimum atomic E-state index is -0.798. The molecule has 1 aliphatic rings. The van der Waals surface area contributed by atoms with Crippen LogP contribution in [0.25, 0.3) is 0 Å². The number of aryl methyl sites for hydroxylation is 1. The molecule has 1 aliphatic heterocycles. The van der Waals surface area contributed by atoms with Gasteiger partial charge in [-0.25, -0.2) is 0 Å². The lowest BCUT2D eigenvalue weighted by molar-refractivity contribution is -0.384. The van der Waals surface area contributed by atoms with Crippen LogP contribution in [0.4, 0.5) is 11.4 Å². The van der Waals surface area contributed by atoms with Crippen LogP contribution in [0.5, 0.6) is 0 Å². The predicted octanol–water partition coefficient (Wildman–Crippen LogP) is 2.53. The Morgan fingerprint density at radius 1 is 1.48 bits per heavy atom. The number of ether oxygens (including phenoxy) is 1. The number of aliphatic hydroxyl groups is 1. The smallest absolute Gasteiger partial charge is 0.288 e. The van der Waals surface area contributed by atoms with Crippen molar-refractivity contribution in [1.82, 2.24) is 0 Å². The fourth-order valence-corrected chi connectivity index (χ4v) is 2.87. The summed E-state index contributed by atoms with van der Waals surface area (Å²) in [5.41, 5.74) is 0.638. The molecule has 0 aliphatic carbocycles. The molecule has 7 heteroatoms. The molecule has 1 saturated heterocycles. The zero-order valence-corrected chi connectivity index (χ0v) is 12.9. The Hall–Kier alpha value is -1.37. The third-order valence-corrected chi connectivity index (χ3v) is 4.13. The average molecular weight is 315 g/mol. The second kappa shape index (κ2) is 6.17. The van der Waals surface area contributed by atoms with E-state index in [2.05, 4.69) is 0 Å². The van der Waals surface area contributed by atoms with Gasteiger partial charge in [0.2, 0.25) is 0 Å². The molecule has 1 fully saturated rings. The van der Waals surface area contributed by atoms with E-state index in [-0.39, 0.29) is 10.7 Å². The fourth-order valence-electron chi connectivity index (χ4n) is 2.64. The highest BCUT2D eigenvalue weighted by atomic mass is 35.5. The van der Waals surface area contributed by atoms with Crippen molar-refractivity contribution in [2.75, 3.05) is 31.7 Å². The van der Waals surface area contributed by atoms with Crippen LogP contribution in [0, 0.1) is 17.0 Å². The van der Waals surface area contributed by atoms with E-state index in [1.807, 2.05) is 11.9 Å². The van der Waals surface area contributed by atoms with Crippen LogP contribution < -0.4 is 4.90 Å². The van der Waals surface area contributed by atoms with E-state index in [9.17, 15) is 15.2 Å². The number of anilines is 1. The number of nitrogens with zero attached hydrogens (tertiary/aromatic N) is 2. The summed E-state index contributed by atoms with van der Waals surface area (Å²) in [6.45, 7) is 3.32. The SMILES string of the molecule is Cc1cc([N+](=O)[O-])c(Cl)cc1N(C)CC1(O)CCOCC1. The quantitative estimate of drug-likeness (QED) is 0.682. The van der Waals surface area contributed by atoms with Gasteiger partial charge in [0.1, 0.15) is 5.02 Å². The van der Waals surface area contributed by atoms with E-state index in [4.69, 9.17) is 16.3 Å². The predicted molar refractivity (Wildman–Crippen MR) is 81.1 cm³/mol. The molecule has 0 atom stereocenters. The molecule has 1 aromatic rings. The van der Waals surface area contributed by atoms with Gasteiger partial charge >= 0.3 is 0 Å². The normalized spacial score (nSPS) is 17.5. The highest BCUT2D eigenvalue weighted by Crippen LogP contribution is 2.33. The molecule has 6 nitrogen and oxygen atoms in total. The monoisotopic (exact) mass is 314 g/mol. The molecule has 0 bridgehead atoms. The van der Waals surface area contributed by atoms with E-state index in [1.165, 1.54) is 6.07 Å². The van der Waals surface area contributed by atoms with Crippen molar-refractivity contribution in [3.8, 4) is 0 Å². The maximum atomic E-state index is 10.9. The summed E-state index contributed by atoms with van der Waals surface area (Å²) >= 11 is 5.97. The van der Waals surface area contributed by atoms with Crippen molar-refractivity contribution >= 4 is 23.0 Å². The van der Waals surface area contributed by atoms with Gasteiger partial charge in [-0.15, -0.1) is 0 Å². The first-order valence-electron chi connectivity index (χ1n) is 6.78. The Labute approximate surface area is 128 Å². The molecule has 0 aromatic heterocycles. The number of nitro benzene ring substituents is 1. The van der Waals surface area contributed by atoms with Crippen LogP contribution >= 0.6 is 11.6 Å². The van der Waals surface area contributed by atoms with Gasteiger partial charge in [0.15, 0.2) is 0 Å². The summed E-state index contributed by atoms with van der Waals surface area (Å²) < 4.78 is 5.26. The third-order valence-electron chi connectivity index (χ3n) is 3.83. The highest BCUT2D eigenvalue weighted by Gasteiger charge is 2.31. The molecule has 0 unspecified atom stereocenters. The molecule has 1 aromatic carbocycles. The summed E-state index contributed by atoms with van der Waals surface area (Å²) in [7, 11) is 1.85. The molecular weight excluding hydrogens is 296 g/mol. The Morgan fingerprint density at radius 3 is 2.67 bits per heavy atom.